The lowest BCUT2D eigenvalue weighted by Crippen LogP contribution is -2.31. The van der Waals surface area contributed by atoms with Crippen LogP contribution in [-0.4, -0.2) is 29.9 Å². The largest absolute Gasteiger partial charge is 0.489 e. The first-order chi connectivity index (χ1) is 15.7. The standard InChI is InChI=1S/C23H19BrN2O5S2/c24-19-7-9-20(10-8-19)25-14-22(33(29,30)26(25)32)13-16-3-11-21(12-4-16)31-15-17-1-5-18(6-2-17)23(27)28/h1-13,32H,14-15H2,(H,27,28)/b22-13-. The average Bonchev–Trinajstić information content (AvgIpc) is 3.03. The first kappa shape index (κ1) is 23.4. The third-order valence-corrected chi connectivity index (χ3v) is 7.92. The Bertz CT molecular complexity index is 1290. The minimum atomic E-state index is -3.74. The van der Waals surface area contributed by atoms with Gasteiger partial charge >= 0.3 is 5.97 Å². The van der Waals surface area contributed by atoms with Gasteiger partial charge in [0.15, 0.2) is 0 Å². The molecular weight excluding hydrogens is 528 g/mol. The van der Waals surface area contributed by atoms with Gasteiger partial charge in [0.1, 0.15) is 12.4 Å². The Morgan fingerprint density at radius 1 is 1.03 bits per heavy atom. The van der Waals surface area contributed by atoms with E-state index in [1.807, 2.05) is 24.3 Å². The van der Waals surface area contributed by atoms with E-state index < -0.39 is 16.0 Å². The SMILES string of the molecule is O=C(O)c1ccc(COc2ccc(/C=C3/CN(c4ccc(Br)cc4)N(S)S3(=O)=O)cc2)cc1. The number of carboxylic acid groups (broad SMARTS) is 1. The van der Waals surface area contributed by atoms with Gasteiger partial charge < -0.3 is 9.84 Å². The summed E-state index contributed by atoms with van der Waals surface area (Å²) < 4.78 is 33.2. The highest BCUT2D eigenvalue weighted by Gasteiger charge is 2.38. The van der Waals surface area contributed by atoms with Crippen molar-refractivity contribution in [3.8, 4) is 5.75 Å². The molecule has 1 saturated heterocycles. The number of sulfonamides is 1. The molecule has 0 spiro atoms. The Kier molecular flexibility index (Phi) is 6.80. The molecule has 1 N–H and O–H groups in total. The fourth-order valence-electron chi connectivity index (χ4n) is 3.20. The Labute approximate surface area is 205 Å². The molecule has 0 amide bonds. The van der Waals surface area contributed by atoms with E-state index in [1.54, 1.807) is 47.5 Å². The van der Waals surface area contributed by atoms with E-state index in [-0.39, 0.29) is 23.6 Å². The van der Waals surface area contributed by atoms with Gasteiger partial charge in [0.05, 0.1) is 22.7 Å². The topological polar surface area (TPSA) is 87.2 Å². The number of carbonyl (C=O) groups is 1. The van der Waals surface area contributed by atoms with Crippen LogP contribution in [0.4, 0.5) is 5.69 Å². The van der Waals surface area contributed by atoms with E-state index in [2.05, 4.69) is 28.7 Å². The summed E-state index contributed by atoms with van der Waals surface area (Å²) in [5.41, 5.74) is 2.48. The van der Waals surface area contributed by atoms with E-state index in [0.717, 1.165) is 13.9 Å². The minimum Gasteiger partial charge on any atom is -0.489 e. The molecule has 4 rings (SSSR count). The smallest absolute Gasteiger partial charge is 0.335 e. The van der Waals surface area contributed by atoms with E-state index in [1.165, 1.54) is 12.1 Å². The summed E-state index contributed by atoms with van der Waals surface area (Å²) in [5.74, 6) is -0.362. The van der Waals surface area contributed by atoms with Crippen molar-refractivity contribution in [3.05, 3.63) is 98.9 Å². The molecule has 1 fully saturated rings. The zero-order valence-corrected chi connectivity index (χ0v) is 20.4. The molecule has 0 bridgehead atoms. The van der Waals surface area contributed by atoms with E-state index in [0.29, 0.717) is 17.0 Å². The second kappa shape index (κ2) is 9.60. The third-order valence-electron chi connectivity index (χ3n) is 5.00. The van der Waals surface area contributed by atoms with Crippen LogP contribution in [0.5, 0.6) is 5.75 Å². The highest BCUT2D eigenvalue weighted by atomic mass is 79.9. The molecule has 3 aromatic carbocycles. The lowest BCUT2D eigenvalue weighted by Gasteiger charge is -2.22. The average molecular weight is 547 g/mol. The van der Waals surface area contributed by atoms with Gasteiger partial charge in [-0.3, -0.25) is 5.01 Å². The van der Waals surface area contributed by atoms with Crippen LogP contribution in [-0.2, 0) is 16.6 Å². The van der Waals surface area contributed by atoms with E-state index in [4.69, 9.17) is 9.84 Å². The fraction of sp³-hybridized carbons (Fsp3) is 0.0870. The zero-order chi connectivity index (χ0) is 23.6. The molecule has 1 aliphatic heterocycles. The highest BCUT2D eigenvalue weighted by Crippen LogP contribution is 2.34. The maximum absolute atomic E-state index is 12.8. The van der Waals surface area contributed by atoms with Crippen LogP contribution in [0.1, 0.15) is 21.5 Å². The summed E-state index contributed by atoms with van der Waals surface area (Å²) in [6, 6.07) is 20.8. The molecule has 0 unspecified atom stereocenters. The summed E-state index contributed by atoms with van der Waals surface area (Å²) in [5, 5.41) is 10.5. The van der Waals surface area contributed by atoms with Crippen molar-refractivity contribution in [2.45, 2.75) is 6.61 Å². The Morgan fingerprint density at radius 2 is 1.67 bits per heavy atom. The molecule has 0 radical (unpaired) electrons. The number of benzene rings is 3. The fourth-order valence-corrected chi connectivity index (χ4v) is 5.14. The molecule has 0 atom stereocenters. The molecular formula is C23H19BrN2O5S2. The molecule has 1 aliphatic rings. The molecule has 7 nitrogen and oxygen atoms in total. The second-order valence-electron chi connectivity index (χ2n) is 7.23. The van der Waals surface area contributed by atoms with E-state index in [9.17, 15) is 13.2 Å². The van der Waals surface area contributed by atoms with E-state index >= 15 is 0 Å². The molecule has 170 valence electrons. The number of hydrogen-bond acceptors (Lipinski definition) is 6. The van der Waals surface area contributed by atoms with Crippen molar-refractivity contribution in [3.63, 3.8) is 0 Å². The van der Waals surface area contributed by atoms with Gasteiger partial charge in [-0.05, 0) is 65.7 Å². The van der Waals surface area contributed by atoms with Crippen LogP contribution in [0, 0.1) is 0 Å². The normalized spacial score (nSPS) is 16.8. The van der Waals surface area contributed by atoms with Crippen LogP contribution >= 0.6 is 28.7 Å². The summed E-state index contributed by atoms with van der Waals surface area (Å²) in [6.07, 6.45) is 1.62. The van der Waals surface area contributed by atoms with Gasteiger partial charge in [-0.2, -0.15) is 0 Å². The number of anilines is 1. The van der Waals surface area contributed by atoms with Crippen molar-refractivity contribution in [2.75, 3.05) is 11.6 Å². The first-order valence-corrected chi connectivity index (χ1v) is 12.4. The molecule has 10 heteroatoms. The van der Waals surface area contributed by atoms with Crippen molar-refractivity contribution < 1.29 is 23.1 Å². The van der Waals surface area contributed by atoms with Gasteiger partial charge in [-0.1, -0.05) is 56.8 Å². The first-order valence-electron chi connectivity index (χ1n) is 9.77. The lowest BCUT2D eigenvalue weighted by atomic mass is 10.1. The number of hydrazine groups is 1. The minimum absolute atomic E-state index is 0.165. The molecule has 0 saturated carbocycles. The monoisotopic (exact) mass is 546 g/mol. The van der Waals surface area contributed by atoms with Crippen LogP contribution in [0.2, 0.25) is 0 Å². The second-order valence-corrected chi connectivity index (χ2v) is 10.6. The van der Waals surface area contributed by atoms with Crippen LogP contribution in [0.15, 0.2) is 82.2 Å². The molecule has 3 aromatic rings. The predicted molar refractivity (Wildman–Crippen MR) is 133 cm³/mol. The highest BCUT2D eigenvalue weighted by molar-refractivity contribution is 9.10. The van der Waals surface area contributed by atoms with Crippen molar-refractivity contribution in [2.24, 2.45) is 0 Å². The summed E-state index contributed by atoms with van der Waals surface area (Å²) >= 11 is 7.57. The quantitative estimate of drug-likeness (QED) is 0.424. The lowest BCUT2D eigenvalue weighted by molar-refractivity contribution is 0.0697. The number of thiol groups is 1. The summed E-state index contributed by atoms with van der Waals surface area (Å²) in [4.78, 5) is 11.2. The summed E-state index contributed by atoms with van der Waals surface area (Å²) in [7, 11) is -3.74. The maximum atomic E-state index is 12.8. The van der Waals surface area contributed by atoms with Crippen molar-refractivity contribution in [1.82, 2.24) is 3.82 Å². The van der Waals surface area contributed by atoms with Crippen LogP contribution < -0.4 is 9.75 Å². The number of hydrogen-bond donors (Lipinski definition) is 2. The van der Waals surface area contributed by atoms with Crippen molar-refractivity contribution >= 4 is 56.5 Å². The van der Waals surface area contributed by atoms with Gasteiger partial charge in [0.2, 0.25) is 0 Å². The number of rotatable bonds is 6. The van der Waals surface area contributed by atoms with Gasteiger partial charge in [-0.15, -0.1) is 0 Å². The molecule has 33 heavy (non-hydrogen) atoms. The number of nitrogens with zero attached hydrogens (tertiary/aromatic N) is 2. The number of aromatic carboxylic acids is 1. The molecule has 0 aliphatic carbocycles. The van der Waals surface area contributed by atoms with Gasteiger partial charge in [-0.25, -0.2) is 13.2 Å². The maximum Gasteiger partial charge on any atom is 0.335 e. The Balaban J connectivity index is 1.45. The third kappa shape index (κ3) is 5.25. The van der Waals surface area contributed by atoms with Gasteiger partial charge in [0, 0.05) is 4.47 Å². The number of halogens is 1. The zero-order valence-electron chi connectivity index (χ0n) is 17.1. The van der Waals surface area contributed by atoms with Crippen LogP contribution in [0.25, 0.3) is 6.08 Å². The predicted octanol–water partition coefficient (Wildman–Crippen LogP) is 4.98. The summed E-state index contributed by atoms with van der Waals surface area (Å²) in [6.45, 7) is 0.448. The van der Waals surface area contributed by atoms with Crippen LogP contribution in [0.3, 0.4) is 0 Å². The van der Waals surface area contributed by atoms with Gasteiger partial charge in [0.25, 0.3) is 10.0 Å². The number of ether oxygens (including phenoxy) is 1. The molecule has 0 aromatic heterocycles. The number of carboxylic acids is 1. The Morgan fingerprint density at radius 3 is 2.27 bits per heavy atom. The Hall–Kier alpha value is -2.79. The molecule has 1 heterocycles. The van der Waals surface area contributed by atoms with Crippen molar-refractivity contribution in [1.29, 1.82) is 0 Å².